The maximum atomic E-state index is 8.53. The van der Waals surface area contributed by atoms with E-state index in [0.29, 0.717) is 125 Å². The number of hydrogen-bond acceptors (Lipinski definition) is 12. The summed E-state index contributed by atoms with van der Waals surface area (Å²) in [6.07, 6.45) is 0.384. The minimum absolute atomic E-state index is 0.0278. The Kier molecular flexibility index (Phi) is 38.4. The molecule has 0 bridgehead atoms. The Bertz CT molecular complexity index is 336. The van der Waals surface area contributed by atoms with Crippen molar-refractivity contribution in [3.8, 4) is 0 Å². The summed E-state index contributed by atoms with van der Waals surface area (Å²) in [6, 6.07) is 0. The Labute approximate surface area is 217 Å². The summed E-state index contributed by atoms with van der Waals surface area (Å²) in [5.74, 6) is 0. The quantitative estimate of drug-likeness (QED) is 0.127. The van der Waals surface area contributed by atoms with Gasteiger partial charge in [-0.3, -0.25) is 0 Å². The van der Waals surface area contributed by atoms with Crippen molar-refractivity contribution in [2.45, 2.75) is 20.0 Å². The maximum absolute atomic E-state index is 8.53. The zero-order valence-electron chi connectivity index (χ0n) is 22.7. The van der Waals surface area contributed by atoms with Crippen molar-refractivity contribution in [2.24, 2.45) is 0 Å². The molecular formula is C24H52O12. The van der Waals surface area contributed by atoms with Gasteiger partial charge >= 0.3 is 0 Å². The molecule has 12 heteroatoms. The van der Waals surface area contributed by atoms with Gasteiger partial charge in [-0.1, -0.05) is 0 Å². The number of ether oxygens (including phenoxy) is 10. The fraction of sp³-hybridized carbons (Fsp3) is 1.00. The summed E-state index contributed by atoms with van der Waals surface area (Å²) < 4.78 is 52.4. The van der Waals surface area contributed by atoms with Crippen LogP contribution >= 0.6 is 0 Å². The third kappa shape index (κ3) is 40.7. The van der Waals surface area contributed by atoms with Gasteiger partial charge in [0.1, 0.15) is 0 Å². The van der Waals surface area contributed by atoms with Gasteiger partial charge < -0.3 is 57.6 Å². The van der Waals surface area contributed by atoms with E-state index < -0.39 is 0 Å². The van der Waals surface area contributed by atoms with Crippen LogP contribution < -0.4 is 0 Å². The van der Waals surface area contributed by atoms with Crippen molar-refractivity contribution in [3.05, 3.63) is 0 Å². The number of aliphatic hydroxyl groups is 2. The van der Waals surface area contributed by atoms with E-state index in [1.54, 1.807) is 7.11 Å². The summed E-state index contributed by atoms with van der Waals surface area (Å²) in [6.45, 7) is 12.8. The number of methoxy groups -OCH3 is 1. The summed E-state index contributed by atoms with van der Waals surface area (Å²) in [5, 5.41) is 17.1. The molecule has 0 rings (SSSR count). The van der Waals surface area contributed by atoms with E-state index in [2.05, 4.69) is 0 Å². The van der Waals surface area contributed by atoms with E-state index >= 15 is 0 Å². The molecule has 220 valence electrons. The number of hydrogen-bond donors (Lipinski definition) is 2. The van der Waals surface area contributed by atoms with Crippen LogP contribution in [-0.2, 0) is 47.4 Å². The molecule has 0 aliphatic heterocycles. The normalized spacial score (nSPS) is 11.2. The van der Waals surface area contributed by atoms with E-state index in [4.69, 9.17) is 57.6 Å². The summed E-state index contributed by atoms with van der Waals surface area (Å²) >= 11 is 0. The van der Waals surface area contributed by atoms with Crippen molar-refractivity contribution < 1.29 is 57.6 Å². The first-order valence-corrected chi connectivity index (χ1v) is 12.6. The van der Waals surface area contributed by atoms with Gasteiger partial charge in [0.2, 0.25) is 0 Å². The van der Waals surface area contributed by atoms with Gasteiger partial charge in [-0.25, -0.2) is 0 Å². The lowest BCUT2D eigenvalue weighted by Crippen LogP contribution is -2.15. The molecule has 36 heavy (non-hydrogen) atoms. The summed E-state index contributed by atoms with van der Waals surface area (Å²) in [5.41, 5.74) is 0. The van der Waals surface area contributed by atoms with Crippen LogP contribution in [0.15, 0.2) is 0 Å². The number of aliphatic hydroxyl groups excluding tert-OH is 2. The third-order valence-electron chi connectivity index (χ3n) is 3.92. The first kappa shape index (κ1) is 37.7. The lowest BCUT2D eigenvalue weighted by Gasteiger charge is -2.08. The molecule has 0 heterocycles. The Morgan fingerprint density at radius 2 is 0.500 bits per heavy atom. The van der Waals surface area contributed by atoms with Crippen molar-refractivity contribution in [2.75, 3.05) is 139 Å². The SMILES string of the molecule is COC(C)C.OCCOCCOCCOCCOCCOCCOCCOCCOCCOCCO. The standard InChI is InChI=1S/C20H42O11.C4H10O/c21-1-3-23-5-7-25-9-11-27-13-15-29-17-19-31-20-18-30-16-14-28-12-10-26-8-6-24-4-2-22;1-4(2)5-3/h21-22H,1-20H2;4H,1-3H3. The van der Waals surface area contributed by atoms with Crippen molar-refractivity contribution in [1.82, 2.24) is 0 Å². The Balaban J connectivity index is 0. The zero-order chi connectivity index (χ0) is 26.8. The molecule has 0 saturated heterocycles. The lowest BCUT2D eigenvalue weighted by molar-refractivity contribution is -0.0260. The third-order valence-corrected chi connectivity index (χ3v) is 3.92. The highest BCUT2D eigenvalue weighted by Gasteiger charge is 1.95. The Morgan fingerprint density at radius 1 is 0.361 bits per heavy atom. The van der Waals surface area contributed by atoms with Crippen LogP contribution in [0.25, 0.3) is 0 Å². The second kappa shape index (κ2) is 36.7. The minimum atomic E-state index is 0.0278. The van der Waals surface area contributed by atoms with Crippen LogP contribution in [0.2, 0.25) is 0 Å². The van der Waals surface area contributed by atoms with Crippen LogP contribution in [0, 0.1) is 0 Å². The zero-order valence-corrected chi connectivity index (χ0v) is 22.7. The van der Waals surface area contributed by atoms with E-state index in [0.717, 1.165) is 0 Å². The van der Waals surface area contributed by atoms with Crippen LogP contribution in [0.1, 0.15) is 13.8 Å². The first-order valence-electron chi connectivity index (χ1n) is 12.6. The highest BCUT2D eigenvalue weighted by atomic mass is 16.6. The van der Waals surface area contributed by atoms with Gasteiger partial charge in [0.15, 0.2) is 0 Å². The Morgan fingerprint density at radius 3 is 0.611 bits per heavy atom. The molecule has 0 unspecified atom stereocenters. The molecule has 0 aliphatic carbocycles. The van der Waals surface area contributed by atoms with E-state index in [9.17, 15) is 0 Å². The molecule has 2 N–H and O–H groups in total. The monoisotopic (exact) mass is 532 g/mol. The second-order valence-electron chi connectivity index (χ2n) is 7.24. The van der Waals surface area contributed by atoms with Gasteiger partial charge in [0.25, 0.3) is 0 Å². The van der Waals surface area contributed by atoms with E-state index in [1.165, 1.54) is 0 Å². The van der Waals surface area contributed by atoms with Crippen molar-refractivity contribution in [1.29, 1.82) is 0 Å². The lowest BCUT2D eigenvalue weighted by atomic mass is 10.5. The fourth-order valence-electron chi connectivity index (χ4n) is 1.99. The van der Waals surface area contributed by atoms with Gasteiger partial charge in [0, 0.05) is 7.11 Å². The molecule has 12 nitrogen and oxygen atoms in total. The van der Waals surface area contributed by atoms with E-state index in [-0.39, 0.29) is 13.2 Å². The molecule has 0 atom stereocenters. The van der Waals surface area contributed by atoms with Crippen molar-refractivity contribution in [3.63, 3.8) is 0 Å². The molecule has 0 amide bonds. The topological polar surface area (TPSA) is 133 Å². The van der Waals surface area contributed by atoms with Gasteiger partial charge in [-0.15, -0.1) is 0 Å². The molecule has 0 radical (unpaired) electrons. The highest BCUT2D eigenvalue weighted by Crippen LogP contribution is 1.86. The molecule has 0 aliphatic rings. The minimum Gasteiger partial charge on any atom is -0.394 e. The molecule has 0 aromatic heterocycles. The molecule has 0 saturated carbocycles. The molecule has 0 aromatic rings. The fourth-order valence-corrected chi connectivity index (χ4v) is 1.99. The van der Waals surface area contributed by atoms with Gasteiger partial charge in [-0.05, 0) is 13.8 Å². The summed E-state index contributed by atoms with van der Waals surface area (Å²) in [4.78, 5) is 0. The molecule has 0 aromatic carbocycles. The van der Waals surface area contributed by atoms with Crippen LogP contribution in [0.4, 0.5) is 0 Å². The first-order chi connectivity index (χ1) is 17.7. The highest BCUT2D eigenvalue weighted by molar-refractivity contribution is 4.38. The van der Waals surface area contributed by atoms with Crippen LogP contribution in [-0.4, -0.2) is 156 Å². The largest absolute Gasteiger partial charge is 0.394 e. The molecule has 0 spiro atoms. The van der Waals surface area contributed by atoms with E-state index in [1.807, 2.05) is 13.8 Å². The average Bonchev–Trinajstić information content (AvgIpc) is 2.88. The van der Waals surface area contributed by atoms with Gasteiger partial charge in [0.05, 0.1) is 138 Å². The average molecular weight is 533 g/mol. The smallest absolute Gasteiger partial charge is 0.0701 e. The van der Waals surface area contributed by atoms with Crippen LogP contribution in [0.3, 0.4) is 0 Å². The van der Waals surface area contributed by atoms with Gasteiger partial charge in [-0.2, -0.15) is 0 Å². The Hall–Kier alpha value is -0.480. The van der Waals surface area contributed by atoms with Crippen molar-refractivity contribution >= 4 is 0 Å². The summed E-state index contributed by atoms with van der Waals surface area (Å²) in [7, 11) is 1.70. The molecular weight excluding hydrogens is 480 g/mol. The predicted molar refractivity (Wildman–Crippen MR) is 134 cm³/mol. The second-order valence-corrected chi connectivity index (χ2v) is 7.24. The maximum Gasteiger partial charge on any atom is 0.0701 e. The molecule has 0 fully saturated rings. The number of rotatable bonds is 29. The predicted octanol–water partition coefficient (Wildman–Crippen LogP) is 0.162. The van der Waals surface area contributed by atoms with Crippen LogP contribution in [0.5, 0.6) is 0 Å².